The second-order valence-electron chi connectivity index (χ2n) is 5.24. The molecule has 2 unspecified atom stereocenters. The van der Waals surface area contributed by atoms with Gasteiger partial charge in [-0.1, -0.05) is 41.9 Å². The summed E-state index contributed by atoms with van der Waals surface area (Å²) in [6, 6.07) is 14.2. The third-order valence-corrected chi connectivity index (χ3v) is 4.25. The van der Waals surface area contributed by atoms with Gasteiger partial charge in [0.05, 0.1) is 18.2 Å². The van der Waals surface area contributed by atoms with Crippen LogP contribution in [-0.2, 0) is 6.42 Å². The Hall–Kier alpha value is -1.51. The number of halogens is 1. The van der Waals surface area contributed by atoms with Gasteiger partial charge in [-0.05, 0) is 41.7 Å². The summed E-state index contributed by atoms with van der Waals surface area (Å²) in [7, 11) is 1.63. The van der Waals surface area contributed by atoms with E-state index in [4.69, 9.17) is 16.3 Å². The minimum absolute atomic E-state index is 0.195. The maximum absolute atomic E-state index is 10.1. The molecule has 0 heterocycles. The van der Waals surface area contributed by atoms with Gasteiger partial charge in [-0.15, -0.1) is 0 Å². The molecule has 2 nitrogen and oxygen atoms in total. The van der Waals surface area contributed by atoms with Crippen LogP contribution in [0.1, 0.15) is 29.0 Å². The number of fused-ring (bicyclic) bond motifs is 1. The molecular formula is C17H17ClO2. The Balaban J connectivity index is 2.11. The van der Waals surface area contributed by atoms with Gasteiger partial charge in [-0.2, -0.15) is 0 Å². The Bertz CT molecular complexity index is 610. The smallest absolute Gasteiger partial charge is 0.137 e. The Morgan fingerprint density at radius 2 is 1.95 bits per heavy atom. The van der Waals surface area contributed by atoms with Crippen LogP contribution < -0.4 is 4.74 Å². The number of aliphatic hydroxyl groups excluding tert-OH is 1. The molecule has 20 heavy (non-hydrogen) atoms. The molecular weight excluding hydrogens is 272 g/mol. The molecule has 2 aromatic rings. The van der Waals surface area contributed by atoms with E-state index in [2.05, 4.69) is 12.1 Å². The van der Waals surface area contributed by atoms with Crippen LogP contribution in [-0.4, -0.2) is 18.3 Å². The van der Waals surface area contributed by atoms with Crippen LogP contribution in [0.3, 0.4) is 0 Å². The number of aliphatic hydroxyl groups is 1. The molecule has 0 amide bonds. The summed E-state index contributed by atoms with van der Waals surface area (Å²) in [4.78, 5) is 0. The molecule has 0 saturated heterocycles. The van der Waals surface area contributed by atoms with Gasteiger partial charge < -0.3 is 9.84 Å². The number of hydrogen-bond donors (Lipinski definition) is 1. The lowest BCUT2D eigenvalue weighted by Gasteiger charge is -2.30. The predicted molar refractivity (Wildman–Crippen MR) is 80.6 cm³/mol. The van der Waals surface area contributed by atoms with E-state index in [-0.39, 0.29) is 12.0 Å². The van der Waals surface area contributed by atoms with E-state index < -0.39 is 0 Å². The third kappa shape index (κ3) is 2.41. The first-order chi connectivity index (χ1) is 9.69. The molecule has 2 atom stereocenters. The summed E-state index contributed by atoms with van der Waals surface area (Å²) in [5, 5.41) is 10.7. The molecule has 0 radical (unpaired) electrons. The van der Waals surface area contributed by atoms with Crippen LogP contribution in [0.5, 0.6) is 5.75 Å². The highest BCUT2D eigenvalue weighted by Crippen LogP contribution is 2.41. The van der Waals surface area contributed by atoms with Crippen LogP contribution >= 0.6 is 11.6 Å². The molecule has 0 fully saturated rings. The molecule has 0 aliphatic heterocycles. The molecule has 104 valence electrons. The zero-order valence-electron chi connectivity index (χ0n) is 11.3. The number of benzene rings is 2. The molecule has 1 aliphatic rings. The molecule has 2 aromatic carbocycles. The first kappa shape index (κ1) is 13.5. The lowest BCUT2D eigenvalue weighted by atomic mass is 9.77. The maximum atomic E-state index is 10.1. The topological polar surface area (TPSA) is 29.5 Å². The van der Waals surface area contributed by atoms with E-state index in [1.54, 1.807) is 7.11 Å². The standard InChI is InChI=1S/C17H17ClO2/c1-20-17-10-15-12(8-16(17)18)7-13(19)9-14(15)11-5-3-2-4-6-11/h2-6,8,10,13-14,19H,7,9H2,1H3. The van der Waals surface area contributed by atoms with E-state index in [9.17, 15) is 5.11 Å². The van der Waals surface area contributed by atoms with Crippen molar-refractivity contribution < 1.29 is 9.84 Å². The molecule has 0 aromatic heterocycles. The van der Waals surface area contributed by atoms with E-state index in [1.807, 2.05) is 30.3 Å². The van der Waals surface area contributed by atoms with Gasteiger partial charge in [0.1, 0.15) is 5.75 Å². The van der Waals surface area contributed by atoms with E-state index in [0.29, 0.717) is 17.2 Å². The molecule has 0 spiro atoms. The van der Waals surface area contributed by atoms with Crippen molar-refractivity contribution in [3.05, 3.63) is 64.2 Å². The SMILES string of the molecule is COc1cc2c(cc1Cl)CC(O)CC2c1ccccc1. The van der Waals surface area contributed by atoms with Gasteiger partial charge in [-0.25, -0.2) is 0 Å². The molecule has 1 N–H and O–H groups in total. The minimum atomic E-state index is -0.322. The monoisotopic (exact) mass is 288 g/mol. The fourth-order valence-corrected chi connectivity index (χ4v) is 3.27. The second-order valence-corrected chi connectivity index (χ2v) is 5.65. The Labute approximate surface area is 124 Å². The van der Waals surface area contributed by atoms with Crippen LogP contribution in [0, 0.1) is 0 Å². The summed E-state index contributed by atoms with van der Waals surface area (Å²) in [5.74, 6) is 0.892. The maximum Gasteiger partial charge on any atom is 0.137 e. The van der Waals surface area contributed by atoms with Crippen LogP contribution in [0.25, 0.3) is 0 Å². The first-order valence-corrected chi connectivity index (χ1v) is 7.16. The third-order valence-electron chi connectivity index (χ3n) is 3.95. The highest BCUT2D eigenvalue weighted by molar-refractivity contribution is 6.32. The molecule has 0 saturated carbocycles. The van der Waals surface area contributed by atoms with Crippen molar-refractivity contribution in [2.45, 2.75) is 24.9 Å². The number of hydrogen-bond acceptors (Lipinski definition) is 2. The molecule has 1 aliphatic carbocycles. The van der Waals surface area contributed by atoms with Crippen molar-refractivity contribution in [3.8, 4) is 5.75 Å². The highest BCUT2D eigenvalue weighted by atomic mass is 35.5. The van der Waals surface area contributed by atoms with Gasteiger partial charge in [0, 0.05) is 5.92 Å². The zero-order valence-corrected chi connectivity index (χ0v) is 12.1. The largest absolute Gasteiger partial charge is 0.495 e. The van der Waals surface area contributed by atoms with E-state index in [1.165, 1.54) is 11.1 Å². The fraction of sp³-hybridized carbons (Fsp3) is 0.294. The predicted octanol–water partition coefficient (Wildman–Crippen LogP) is 3.79. The van der Waals surface area contributed by atoms with Gasteiger partial charge in [0.2, 0.25) is 0 Å². The van der Waals surface area contributed by atoms with Crippen LogP contribution in [0.4, 0.5) is 0 Å². The number of methoxy groups -OCH3 is 1. The second kappa shape index (κ2) is 5.47. The minimum Gasteiger partial charge on any atom is -0.495 e. The van der Waals surface area contributed by atoms with Crippen LogP contribution in [0.2, 0.25) is 5.02 Å². The summed E-state index contributed by atoms with van der Waals surface area (Å²) >= 11 is 6.20. The van der Waals surface area contributed by atoms with Gasteiger partial charge >= 0.3 is 0 Å². The summed E-state index contributed by atoms with van der Waals surface area (Å²) < 4.78 is 5.33. The first-order valence-electron chi connectivity index (χ1n) is 6.78. The number of ether oxygens (including phenoxy) is 1. The normalized spacial score (nSPS) is 21.4. The van der Waals surface area contributed by atoms with Crippen molar-refractivity contribution in [3.63, 3.8) is 0 Å². The van der Waals surface area contributed by atoms with Crippen LogP contribution in [0.15, 0.2) is 42.5 Å². The van der Waals surface area contributed by atoms with Crippen molar-refractivity contribution in [2.75, 3.05) is 7.11 Å². The van der Waals surface area contributed by atoms with E-state index >= 15 is 0 Å². The quantitative estimate of drug-likeness (QED) is 0.911. The van der Waals surface area contributed by atoms with Gasteiger partial charge in [0.15, 0.2) is 0 Å². The van der Waals surface area contributed by atoms with Crippen molar-refractivity contribution >= 4 is 11.6 Å². The lowest BCUT2D eigenvalue weighted by molar-refractivity contribution is 0.152. The zero-order chi connectivity index (χ0) is 14.1. The van der Waals surface area contributed by atoms with Gasteiger partial charge in [0.25, 0.3) is 0 Å². The lowest BCUT2D eigenvalue weighted by Crippen LogP contribution is -2.23. The Morgan fingerprint density at radius 3 is 2.65 bits per heavy atom. The molecule has 3 heteroatoms. The highest BCUT2D eigenvalue weighted by Gasteiger charge is 2.28. The molecule has 0 bridgehead atoms. The van der Waals surface area contributed by atoms with Gasteiger partial charge in [-0.3, -0.25) is 0 Å². The summed E-state index contributed by atoms with van der Waals surface area (Å²) in [5.41, 5.74) is 3.54. The average Bonchev–Trinajstić information content (AvgIpc) is 2.46. The molecule has 3 rings (SSSR count). The summed E-state index contributed by atoms with van der Waals surface area (Å²) in [6.07, 6.45) is 1.07. The average molecular weight is 289 g/mol. The number of rotatable bonds is 2. The van der Waals surface area contributed by atoms with E-state index in [0.717, 1.165) is 12.0 Å². The van der Waals surface area contributed by atoms with Crippen molar-refractivity contribution in [2.24, 2.45) is 0 Å². The van der Waals surface area contributed by atoms with Crippen molar-refractivity contribution in [1.82, 2.24) is 0 Å². The Kier molecular flexibility index (Phi) is 3.68. The van der Waals surface area contributed by atoms with Crippen molar-refractivity contribution in [1.29, 1.82) is 0 Å². The fourth-order valence-electron chi connectivity index (χ4n) is 3.01. The Morgan fingerprint density at radius 1 is 1.20 bits per heavy atom. The summed E-state index contributed by atoms with van der Waals surface area (Å²) in [6.45, 7) is 0.